The van der Waals surface area contributed by atoms with Gasteiger partial charge < -0.3 is 4.74 Å². The van der Waals surface area contributed by atoms with E-state index in [1.54, 1.807) is 12.1 Å². The molecule has 0 saturated heterocycles. The summed E-state index contributed by atoms with van der Waals surface area (Å²) >= 11 is 0. The van der Waals surface area contributed by atoms with E-state index in [-0.39, 0.29) is 5.75 Å². The molecule has 0 bridgehead atoms. The number of carbonyl (C=O) groups is 1. The Hall–Kier alpha value is -1.16. The molecule has 1 aromatic rings. The highest BCUT2D eigenvalue weighted by Gasteiger charge is 2.10. The van der Waals surface area contributed by atoms with E-state index in [9.17, 15) is 9.00 Å². The van der Waals surface area contributed by atoms with Gasteiger partial charge in [-0.15, -0.1) is 0 Å². The molecule has 1 rings (SSSR count). The number of carbonyl (C=O) groups excluding carboxylic acids is 1. The molecule has 0 aromatic heterocycles. The van der Waals surface area contributed by atoms with Crippen LogP contribution in [0.5, 0.6) is 0 Å². The highest BCUT2D eigenvalue weighted by molar-refractivity contribution is 7.85. The predicted molar refractivity (Wildman–Crippen MR) is 68.3 cm³/mol. The monoisotopic (exact) mass is 254 g/mol. The van der Waals surface area contributed by atoms with E-state index < -0.39 is 16.8 Å². The van der Waals surface area contributed by atoms with Crippen LogP contribution in [0.1, 0.15) is 25.3 Å². The van der Waals surface area contributed by atoms with Gasteiger partial charge in [0.1, 0.15) is 5.75 Å². The van der Waals surface area contributed by atoms with Crippen molar-refractivity contribution in [3.63, 3.8) is 0 Å². The summed E-state index contributed by atoms with van der Waals surface area (Å²) in [6, 6.07) is 7.33. The van der Waals surface area contributed by atoms with E-state index >= 15 is 0 Å². The summed E-state index contributed by atoms with van der Waals surface area (Å²) in [6.45, 7) is 4.41. The molecule has 0 saturated carbocycles. The molecule has 94 valence electrons. The molecule has 0 N–H and O–H groups in total. The van der Waals surface area contributed by atoms with E-state index in [2.05, 4.69) is 0 Å². The van der Waals surface area contributed by atoms with Crippen LogP contribution in [0, 0.1) is 6.92 Å². The molecule has 1 aromatic carbocycles. The minimum Gasteiger partial charge on any atom is -0.465 e. The Balaban J connectivity index is 2.43. The molecule has 0 aliphatic heterocycles. The Morgan fingerprint density at radius 2 is 1.94 bits per heavy atom. The lowest BCUT2D eigenvalue weighted by Gasteiger charge is -2.04. The number of hydrogen-bond acceptors (Lipinski definition) is 3. The Kier molecular flexibility index (Phi) is 5.91. The van der Waals surface area contributed by atoms with Crippen LogP contribution < -0.4 is 0 Å². The van der Waals surface area contributed by atoms with Gasteiger partial charge in [-0.05, 0) is 25.5 Å². The molecule has 3 nitrogen and oxygen atoms in total. The van der Waals surface area contributed by atoms with Crippen molar-refractivity contribution in [2.45, 2.75) is 31.6 Å². The van der Waals surface area contributed by atoms with Crippen LogP contribution in [0.25, 0.3) is 0 Å². The van der Waals surface area contributed by atoms with E-state index in [1.165, 1.54) is 0 Å². The van der Waals surface area contributed by atoms with Crippen molar-refractivity contribution in [2.75, 3.05) is 12.4 Å². The van der Waals surface area contributed by atoms with Crippen LogP contribution in [-0.2, 0) is 20.3 Å². The maximum Gasteiger partial charge on any atom is 0.318 e. The van der Waals surface area contributed by atoms with E-state index in [0.29, 0.717) is 11.5 Å². The van der Waals surface area contributed by atoms with Crippen molar-refractivity contribution in [2.24, 2.45) is 0 Å². The minimum absolute atomic E-state index is 0.0627. The number of ether oxygens (including phenoxy) is 1. The maximum absolute atomic E-state index is 11.8. The number of unbranched alkanes of at least 4 members (excludes halogenated alkanes) is 1. The summed E-state index contributed by atoms with van der Waals surface area (Å²) in [7, 11) is -1.30. The zero-order valence-electron chi connectivity index (χ0n) is 10.3. The van der Waals surface area contributed by atoms with Gasteiger partial charge in [-0.3, -0.25) is 9.00 Å². The van der Waals surface area contributed by atoms with Gasteiger partial charge in [0.05, 0.1) is 17.4 Å². The van der Waals surface area contributed by atoms with Crippen LogP contribution in [0.15, 0.2) is 29.2 Å². The molecule has 0 radical (unpaired) electrons. The van der Waals surface area contributed by atoms with E-state index in [1.807, 2.05) is 26.0 Å². The molecule has 17 heavy (non-hydrogen) atoms. The lowest BCUT2D eigenvalue weighted by atomic mass is 10.2. The molecular formula is C13H18O3S. The van der Waals surface area contributed by atoms with Crippen molar-refractivity contribution in [3.8, 4) is 0 Å². The molecule has 0 spiro atoms. The topological polar surface area (TPSA) is 43.4 Å². The molecule has 0 fully saturated rings. The van der Waals surface area contributed by atoms with Crippen molar-refractivity contribution < 1.29 is 13.7 Å². The fraction of sp³-hybridized carbons (Fsp3) is 0.462. The number of benzene rings is 1. The first-order valence-electron chi connectivity index (χ1n) is 5.74. The Morgan fingerprint density at radius 3 is 2.53 bits per heavy atom. The van der Waals surface area contributed by atoms with Crippen LogP contribution >= 0.6 is 0 Å². The third-order valence-electron chi connectivity index (χ3n) is 2.29. The molecular weight excluding hydrogens is 236 g/mol. The van der Waals surface area contributed by atoms with Crippen molar-refractivity contribution in [3.05, 3.63) is 29.8 Å². The first-order chi connectivity index (χ1) is 8.13. The quantitative estimate of drug-likeness (QED) is 0.578. The van der Waals surface area contributed by atoms with Crippen molar-refractivity contribution in [1.82, 2.24) is 0 Å². The molecule has 0 aliphatic carbocycles. The van der Waals surface area contributed by atoms with Crippen LogP contribution in [0.3, 0.4) is 0 Å². The second kappa shape index (κ2) is 7.22. The molecule has 1 atom stereocenters. The summed E-state index contributed by atoms with van der Waals surface area (Å²) in [4.78, 5) is 12.0. The number of rotatable bonds is 6. The highest BCUT2D eigenvalue weighted by Crippen LogP contribution is 2.08. The minimum atomic E-state index is -1.30. The second-order valence-corrected chi connectivity index (χ2v) is 5.33. The summed E-state index contributed by atoms with van der Waals surface area (Å²) in [5.41, 5.74) is 1.11. The Bertz CT molecular complexity index is 384. The van der Waals surface area contributed by atoms with Crippen LogP contribution in [0.2, 0.25) is 0 Å². The van der Waals surface area contributed by atoms with E-state index in [0.717, 1.165) is 18.4 Å². The fourth-order valence-corrected chi connectivity index (χ4v) is 2.16. The number of hydrogen-bond donors (Lipinski definition) is 0. The van der Waals surface area contributed by atoms with Gasteiger partial charge in [0.2, 0.25) is 0 Å². The van der Waals surface area contributed by atoms with Crippen molar-refractivity contribution >= 4 is 16.8 Å². The molecule has 0 heterocycles. The van der Waals surface area contributed by atoms with Gasteiger partial charge >= 0.3 is 5.97 Å². The van der Waals surface area contributed by atoms with Gasteiger partial charge in [-0.2, -0.15) is 0 Å². The third kappa shape index (κ3) is 5.13. The predicted octanol–water partition coefficient (Wildman–Crippen LogP) is 2.45. The van der Waals surface area contributed by atoms with Gasteiger partial charge in [0.25, 0.3) is 0 Å². The molecule has 0 amide bonds. The van der Waals surface area contributed by atoms with Crippen LogP contribution in [0.4, 0.5) is 0 Å². The standard InChI is InChI=1S/C13H18O3S/c1-3-4-9-16-13(14)10-17(15)12-7-5-11(2)6-8-12/h5-8H,3-4,9-10H2,1-2H3. The van der Waals surface area contributed by atoms with Gasteiger partial charge in [-0.25, -0.2) is 0 Å². The summed E-state index contributed by atoms with van der Waals surface area (Å²) in [5, 5.41) is 0. The van der Waals surface area contributed by atoms with Gasteiger partial charge in [0, 0.05) is 4.90 Å². The zero-order valence-corrected chi connectivity index (χ0v) is 11.1. The Labute approximate surface area is 105 Å². The largest absolute Gasteiger partial charge is 0.465 e. The highest BCUT2D eigenvalue weighted by atomic mass is 32.2. The first kappa shape index (κ1) is 13.9. The summed E-state index contributed by atoms with van der Waals surface area (Å²) in [5.74, 6) is -0.454. The van der Waals surface area contributed by atoms with Gasteiger partial charge in [-0.1, -0.05) is 31.0 Å². The fourth-order valence-electron chi connectivity index (χ4n) is 1.25. The average Bonchev–Trinajstić information content (AvgIpc) is 2.30. The van der Waals surface area contributed by atoms with Crippen molar-refractivity contribution in [1.29, 1.82) is 0 Å². The second-order valence-electron chi connectivity index (χ2n) is 3.88. The molecule has 4 heteroatoms. The van der Waals surface area contributed by atoms with Crippen LogP contribution in [-0.4, -0.2) is 22.5 Å². The van der Waals surface area contributed by atoms with E-state index in [4.69, 9.17) is 4.74 Å². The average molecular weight is 254 g/mol. The zero-order chi connectivity index (χ0) is 12.7. The number of aryl methyl sites for hydroxylation is 1. The maximum atomic E-state index is 11.8. The first-order valence-corrected chi connectivity index (χ1v) is 7.06. The number of esters is 1. The SMILES string of the molecule is CCCCOC(=O)CS(=O)c1ccc(C)cc1. The Morgan fingerprint density at radius 1 is 1.29 bits per heavy atom. The lowest BCUT2D eigenvalue weighted by molar-refractivity contribution is -0.140. The molecule has 1 unspecified atom stereocenters. The smallest absolute Gasteiger partial charge is 0.318 e. The summed E-state index contributed by atoms with van der Waals surface area (Å²) < 4.78 is 16.8. The molecule has 0 aliphatic rings. The third-order valence-corrected chi connectivity index (χ3v) is 3.59. The van der Waals surface area contributed by atoms with Gasteiger partial charge in [0.15, 0.2) is 0 Å². The lowest BCUT2D eigenvalue weighted by Crippen LogP contribution is -2.14. The summed E-state index contributed by atoms with van der Waals surface area (Å²) in [6.07, 6.45) is 1.83. The normalized spacial score (nSPS) is 12.1.